The summed E-state index contributed by atoms with van der Waals surface area (Å²) in [5.74, 6) is 0.293. The second-order valence-electron chi connectivity index (χ2n) is 6.82. The van der Waals surface area contributed by atoms with E-state index in [-0.39, 0.29) is 5.95 Å². The summed E-state index contributed by atoms with van der Waals surface area (Å²) in [5, 5.41) is 2.95. The molecule has 1 N–H and O–H groups in total. The Balaban J connectivity index is 1.59. The van der Waals surface area contributed by atoms with Crippen molar-refractivity contribution in [3.63, 3.8) is 0 Å². The molecule has 1 aliphatic heterocycles. The van der Waals surface area contributed by atoms with Gasteiger partial charge in [0.15, 0.2) is 0 Å². The Labute approximate surface area is 178 Å². The average Bonchev–Trinajstić information content (AvgIpc) is 3.26. The van der Waals surface area contributed by atoms with Gasteiger partial charge in [-0.1, -0.05) is 6.42 Å². The lowest BCUT2D eigenvalue weighted by molar-refractivity contribution is 0.347. The Bertz CT molecular complexity index is 1140. The van der Waals surface area contributed by atoms with Crippen LogP contribution in [0.3, 0.4) is 0 Å². The molecule has 1 aliphatic rings. The minimum atomic E-state index is -3.49. The summed E-state index contributed by atoms with van der Waals surface area (Å²) < 4.78 is 46.5. The van der Waals surface area contributed by atoms with E-state index in [1.54, 1.807) is 28.7 Å². The minimum Gasteiger partial charge on any atom is -0.495 e. The molecule has 0 atom stereocenters. The molecule has 3 aromatic rings. The Morgan fingerprint density at radius 3 is 2.70 bits per heavy atom. The van der Waals surface area contributed by atoms with Crippen LogP contribution in [0.15, 0.2) is 46.8 Å². The maximum Gasteiger partial charge on any atom is 0.252 e. The number of hydrogen-bond acceptors (Lipinski definition) is 7. The minimum absolute atomic E-state index is 0.255. The van der Waals surface area contributed by atoms with E-state index in [9.17, 15) is 12.8 Å². The van der Waals surface area contributed by atoms with E-state index in [2.05, 4.69) is 15.3 Å². The van der Waals surface area contributed by atoms with E-state index in [1.807, 2.05) is 0 Å². The van der Waals surface area contributed by atoms with E-state index < -0.39 is 15.8 Å². The third-order valence-electron chi connectivity index (χ3n) is 4.81. The molecule has 0 unspecified atom stereocenters. The normalized spacial score (nSPS) is 15.1. The van der Waals surface area contributed by atoms with Gasteiger partial charge in [0.25, 0.3) is 10.0 Å². The lowest BCUT2D eigenvalue weighted by Crippen LogP contribution is -2.35. The molecule has 0 spiro atoms. The maximum atomic E-state index is 13.6. The van der Waals surface area contributed by atoms with Crippen molar-refractivity contribution < 1.29 is 17.5 Å². The fraction of sp³-hybridized carbons (Fsp3) is 0.300. The van der Waals surface area contributed by atoms with Crippen LogP contribution in [0, 0.1) is 5.82 Å². The number of ether oxygens (including phenoxy) is 1. The molecule has 1 saturated heterocycles. The Hall–Kier alpha value is -2.56. The summed E-state index contributed by atoms with van der Waals surface area (Å²) in [6.45, 7) is 1.12. The number of benzene rings is 1. The van der Waals surface area contributed by atoms with Gasteiger partial charge in [-0.15, -0.1) is 11.3 Å². The smallest absolute Gasteiger partial charge is 0.252 e. The van der Waals surface area contributed by atoms with Gasteiger partial charge in [-0.2, -0.15) is 4.31 Å². The van der Waals surface area contributed by atoms with Crippen molar-refractivity contribution in [2.24, 2.45) is 0 Å². The molecule has 10 heteroatoms. The summed E-state index contributed by atoms with van der Waals surface area (Å²) in [6.07, 6.45) is 4.41. The average molecular weight is 449 g/mol. The predicted octanol–water partition coefficient (Wildman–Crippen LogP) is 4.27. The van der Waals surface area contributed by atoms with Crippen LogP contribution in [-0.4, -0.2) is 42.9 Å². The fourth-order valence-electron chi connectivity index (χ4n) is 3.28. The van der Waals surface area contributed by atoms with Crippen LogP contribution in [0.4, 0.5) is 16.0 Å². The van der Waals surface area contributed by atoms with Crippen LogP contribution in [0.5, 0.6) is 5.75 Å². The molecule has 3 heterocycles. The summed E-state index contributed by atoms with van der Waals surface area (Å²) in [4.78, 5) is 9.34. The number of nitrogens with one attached hydrogen (secondary N) is 1. The van der Waals surface area contributed by atoms with Crippen LogP contribution in [0.25, 0.3) is 10.6 Å². The van der Waals surface area contributed by atoms with E-state index >= 15 is 0 Å². The Kier molecular flexibility index (Phi) is 5.98. The van der Waals surface area contributed by atoms with E-state index in [0.29, 0.717) is 39.3 Å². The molecule has 4 rings (SSSR count). The largest absolute Gasteiger partial charge is 0.495 e. The van der Waals surface area contributed by atoms with E-state index in [4.69, 9.17) is 4.74 Å². The number of rotatable bonds is 6. The second-order valence-corrected chi connectivity index (χ2v) is 10.1. The lowest BCUT2D eigenvalue weighted by Gasteiger charge is -2.25. The molecule has 0 radical (unpaired) electrons. The number of sulfonamides is 1. The molecule has 158 valence electrons. The molecular weight excluding hydrogens is 427 g/mol. The van der Waals surface area contributed by atoms with Gasteiger partial charge in [0, 0.05) is 25.4 Å². The third kappa shape index (κ3) is 4.30. The zero-order valence-corrected chi connectivity index (χ0v) is 18.0. The highest BCUT2D eigenvalue weighted by Gasteiger charge is 2.27. The standard InChI is InChI=1S/C20H21FN4O3S2/c1-28-17-6-5-14(21)13-16(17)24-20-22-10-9-15(23-20)18-7-8-19(29-18)30(26,27)25-11-3-2-4-12-25/h5-10,13H,2-4,11-12H2,1H3,(H,22,23,24). The number of piperidine rings is 1. The molecule has 0 amide bonds. The number of anilines is 2. The zero-order chi connectivity index (χ0) is 21.1. The predicted molar refractivity (Wildman–Crippen MR) is 114 cm³/mol. The number of methoxy groups -OCH3 is 1. The van der Waals surface area contributed by atoms with Crippen LogP contribution >= 0.6 is 11.3 Å². The monoisotopic (exact) mass is 448 g/mol. The van der Waals surface area contributed by atoms with Crippen molar-refractivity contribution in [2.75, 3.05) is 25.5 Å². The lowest BCUT2D eigenvalue weighted by atomic mass is 10.2. The van der Waals surface area contributed by atoms with Gasteiger partial charge >= 0.3 is 0 Å². The van der Waals surface area contributed by atoms with Gasteiger partial charge in [0.2, 0.25) is 5.95 Å². The first kappa shape index (κ1) is 20.7. The first-order valence-corrected chi connectivity index (χ1v) is 11.8. The summed E-state index contributed by atoms with van der Waals surface area (Å²) in [6, 6.07) is 9.18. The molecule has 0 aliphatic carbocycles. The van der Waals surface area contributed by atoms with Crippen molar-refractivity contribution in [1.82, 2.24) is 14.3 Å². The van der Waals surface area contributed by atoms with E-state index in [0.717, 1.165) is 19.3 Å². The fourth-order valence-corrected chi connectivity index (χ4v) is 6.23. The van der Waals surface area contributed by atoms with Gasteiger partial charge in [-0.3, -0.25) is 0 Å². The highest BCUT2D eigenvalue weighted by Crippen LogP contribution is 2.33. The number of nitrogens with zero attached hydrogens (tertiary/aromatic N) is 3. The van der Waals surface area contributed by atoms with Crippen LogP contribution in [0.1, 0.15) is 19.3 Å². The Morgan fingerprint density at radius 1 is 1.13 bits per heavy atom. The molecular formula is C20H21FN4O3S2. The zero-order valence-electron chi connectivity index (χ0n) is 16.3. The number of aromatic nitrogens is 2. The van der Waals surface area contributed by atoms with Crippen molar-refractivity contribution >= 4 is 33.0 Å². The molecule has 1 aromatic carbocycles. The van der Waals surface area contributed by atoms with Crippen molar-refractivity contribution in [1.29, 1.82) is 0 Å². The first-order valence-electron chi connectivity index (χ1n) is 9.51. The molecule has 2 aromatic heterocycles. The quantitative estimate of drug-likeness (QED) is 0.606. The van der Waals surface area contributed by atoms with Crippen molar-refractivity contribution in [2.45, 2.75) is 23.5 Å². The summed E-state index contributed by atoms with van der Waals surface area (Å²) >= 11 is 1.18. The molecule has 0 saturated carbocycles. The van der Waals surface area contributed by atoms with Crippen LogP contribution in [-0.2, 0) is 10.0 Å². The SMILES string of the molecule is COc1ccc(F)cc1Nc1nccc(-c2ccc(S(=O)(=O)N3CCCCC3)s2)n1. The highest BCUT2D eigenvalue weighted by molar-refractivity contribution is 7.91. The number of halogens is 1. The first-order chi connectivity index (χ1) is 14.5. The van der Waals surface area contributed by atoms with Gasteiger partial charge in [-0.25, -0.2) is 22.8 Å². The molecule has 7 nitrogen and oxygen atoms in total. The van der Waals surface area contributed by atoms with Gasteiger partial charge in [0.1, 0.15) is 15.8 Å². The number of hydrogen-bond donors (Lipinski definition) is 1. The highest BCUT2D eigenvalue weighted by atomic mass is 32.2. The summed E-state index contributed by atoms with van der Waals surface area (Å²) in [7, 11) is -2.00. The van der Waals surface area contributed by atoms with Crippen LogP contribution < -0.4 is 10.1 Å². The molecule has 30 heavy (non-hydrogen) atoms. The van der Waals surface area contributed by atoms with Gasteiger partial charge < -0.3 is 10.1 Å². The molecule has 0 bridgehead atoms. The molecule has 1 fully saturated rings. The van der Waals surface area contributed by atoms with Crippen molar-refractivity contribution in [3.05, 3.63) is 48.4 Å². The topological polar surface area (TPSA) is 84.4 Å². The summed E-state index contributed by atoms with van der Waals surface area (Å²) in [5.41, 5.74) is 0.974. The second kappa shape index (κ2) is 8.66. The Morgan fingerprint density at radius 2 is 1.93 bits per heavy atom. The van der Waals surface area contributed by atoms with Gasteiger partial charge in [-0.05, 0) is 43.2 Å². The van der Waals surface area contributed by atoms with Crippen molar-refractivity contribution in [3.8, 4) is 16.3 Å². The van der Waals surface area contributed by atoms with E-state index in [1.165, 1.54) is 36.6 Å². The van der Waals surface area contributed by atoms with Crippen LogP contribution in [0.2, 0.25) is 0 Å². The third-order valence-corrected chi connectivity index (χ3v) is 8.28. The number of thiophene rings is 1. The maximum absolute atomic E-state index is 13.6. The van der Waals surface area contributed by atoms with Gasteiger partial charge in [0.05, 0.1) is 23.4 Å².